The zero-order chi connectivity index (χ0) is 20.6. The molecular formula is C22H32N2O2S. The summed E-state index contributed by atoms with van der Waals surface area (Å²) in [6.45, 7) is 17.7. The van der Waals surface area contributed by atoms with Gasteiger partial charge in [0.05, 0.1) is 4.91 Å². The second kappa shape index (κ2) is 7.70. The number of aliphatic imine (C=N–C) groups is 1. The molecule has 1 aromatic carbocycles. The molecule has 1 saturated heterocycles. The van der Waals surface area contributed by atoms with Gasteiger partial charge in [-0.1, -0.05) is 41.5 Å². The second-order valence-corrected chi connectivity index (χ2v) is 9.89. The number of carbonyl (C=O) groups is 1. The van der Waals surface area contributed by atoms with E-state index in [9.17, 15) is 9.90 Å². The summed E-state index contributed by atoms with van der Waals surface area (Å²) in [7, 11) is 0. The van der Waals surface area contributed by atoms with Gasteiger partial charge in [0, 0.05) is 24.2 Å². The summed E-state index contributed by atoms with van der Waals surface area (Å²) < 4.78 is 0. The molecule has 0 spiro atoms. The molecule has 0 bridgehead atoms. The van der Waals surface area contributed by atoms with E-state index in [1.54, 1.807) is 4.90 Å². The summed E-state index contributed by atoms with van der Waals surface area (Å²) >= 11 is 1.43. The van der Waals surface area contributed by atoms with Crippen molar-refractivity contribution in [2.24, 2.45) is 4.99 Å². The average molecular weight is 389 g/mol. The van der Waals surface area contributed by atoms with Gasteiger partial charge >= 0.3 is 0 Å². The predicted molar refractivity (Wildman–Crippen MR) is 116 cm³/mol. The molecule has 0 aliphatic carbocycles. The number of benzene rings is 1. The first kappa shape index (κ1) is 21.5. The first-order chi connectivity index (χ1) is 12.4. The van der Waals surface area contributed by atoms with E-state index in [0.717, 1.165) is 21.9 Å². The molecular weight excluding hydrogens is 356 g/mol. The maximum atomic E-state index is 12.8. The van der Waals surface area contributed by atoms with Gasteiger partial charge in [-0.2, -0.15) is 0 Å². The maximum absolute atomic E-state index is 12.8. The Balaban J connectivity index is 2.61. The molecule has 1 aromatic rings. The van der Waals surface area contributed by atoms with Crippen molar-refractivity contribution in [3.8, 4) is 5.75 Å². The van der Waals surface area contributed by atoms with Crippen LogP contribution in [0.4, 0.5) is 0 Å². The van der Waals surface area contributed by atoms with Crippen molar-refractivity contribution in [1.82, 2.24) is 4.90 Å². The molecule has 1 N–H and O–H groups in total. The summed E-state index contributed by atoms with van der Waals surface area (Å²) in [5, 5.41) is 11.6. The van der Waals surface area contributed by atoms with Gasteiger partial charge in [0.25, 0.3) is 5.91 Å². The molecule has 1 aliphatic rings. The van der Waals surface area contributed by atoms with Crippen LogP contribution < -0.4 is 0 Å². The van der Waals surface area contributed by atoms with Crippen LogP contribution in [-0.2, 0) is 15.6 Å². The number of amides is 1. The maximum Gasteiger partial charge on any atom is 0.266 e. The molecule has 0 radical (unpaired) electrons. The first-order valence-electron chi connectivity index (χ1n) is 9.54. The van der Waals surface area contributed by atoms with E-state index in [4.69, 9.17) is 0 Å². The molecule has 1 heterocycles. The van der Waals surface area contributed by atoms with Crippen LogP contribution in [-0.4, -0.2) is 34.2 Å². The van der Waals surface area contributed by atoms with Crippen molar-refractivity contribution in [3.63, 3.8) is 0 Å². The fourth-order valence-electron chi connectivity index (χ4n) is 3.07. The molecule has 0 unspecified atom stereocenters. The summed E-state index contributed by atoms with van der Waals surface area (Å²) in [5.41, 5.74) is 2.33. The van der Waals surface area contributed by atoms with Crippen LogP contribution in [0.1, 0.15) is 72.1 Å². The SMILES string of the molecule is CCN=C1S/C(=C/c2cc(C(C)(C)C)c(O)c(C(C)(C)C)c2)C(=O)N1CC. The minimum atomic E-state index is -0.199. The number of likely N-dealkylation sites (N-methyl/N-ethyl adjacent to an activating group) is 1. The van der Waals surface area contributed by atoms with Crippen LogP contribution in [0, 0.1) is 0 Å². The van der Waals surface area contributed by atoms with E-state index < -0.39 is 0 Å². The standard InChI is InChI=1S/C22H32N2O2S/c1-9-23-20-24(10-2)19(26)17(27-20)13-14-11-15(21(3,4)5)18(25)16(12-14)22(6,7)8/h11-13,25H,9-10H2,1-8H3/b17-13+,23-20?. The number of hydrogen-bond donors (Lipinski definition) is 1. The lowest BCUT2D eigenvalue weighted by Crippen LogP contribution is -2.28. The Morgan fingerprint density at radius 2 is 1.59 bits per heavy atom. The first-order valence-corrected chi connectivity index (χ1v) is 10.4. The minimum absolute atomic E-state index is 0.00241. The van der Waals surface area contributed by atoms with Crippen LogP contribution in [0.3, 0.4) is 0 Å². The Labute approximate surface area is 167 Å². The van der Waals surface area contributed by atoms with Crippen molar-refractivity contribution in [3.05, 3.63) is 33.7 Å². The smallest absolute Gasteiger partial charge is 0.266 e. The highest BCUT2D eigenvalue weighted by Crippen LogP contribution is 2.41. The van der Waals surface area contributed by atoms with Crippen LogP contribution in [0.2, 0.25) is 0 Å². The third-order valence-corrected chi connectivity index (χ3v) is 5.59. The molecule has 27 heavy (non-hydrogen) atoms. The highest BCUT2D eigenvalue weighted by atomic mass is 32.2. The number of aromatic hydroxyl groups is 1. The molecule has 0 aromatic heterocycles. The van der Waals surface area contributed by atoms with Crippen LogP contribution in [0.15, 0.2) is 22.0 Å². The Kier molecular flexibility index (Phi) is 6.15. The normalized spacial score (nSPS) is 18.8. The Morgan fingerprint density at radius 3 is 2.00 bits per heavy atom. The Morgan fingerprint density at radius 1 is 1.07 bits per heavy atom. The van der Waals surface area contributed by atoms with E-state index in [-0.39, 0.29) is 16.7 Å². The fourth-order valence-corrected chi connectivity index (χ4v) is 4.18. The van der Waals surface area contributed by atoms with Crippen LogP contribution >= 0.6 is 11.8 Å². The Bertz CT molecular complexity index is 761. The molecule has 1 fully saturated rings. The lowest BCUT2D eigenvalue weighted by molar-refractivity contribution is -0.122. The number of thioether (sulfide) groups is 1. The van der Waals surface area contributed by atoms with E-state index in [1.807, 2.05) is 32.1 Å². The third kappa shape index (κ3) is 4.57. The van der Waals surface area contributed by atoms with Crippen LogP contribution in [0.5, 0.6) is 5.75 Å². The van der Waals surface area contributed by atoms with Crippen molar-refractivity contribution in [2.75, 3.05) is 13.1 Å². The second-order valence-electron chi connectivity index (χ2n) is 8.88. The van der Waals surface area contributed by atoms with Gasteiger partial charge in [0.2, 0.25) is 0 Å². The van der Waals surface area contributed by atoms with E-state index in [0.29, 0.717) is 23.7 Å². The quantitative estimate of drug-likeness (QED) is 0.715. The summed E-state index contributed by atoms with van der Waals surface area (Å²) in [6, 6.07) is 3.99. The summed E-state index contributed by atoms with van der Waals surface area (Å²) in [4.78, 5) is 19.6. The molecule has 1 amide bonds. The van der Waals surface area contributed by atoms with Gasteiger partial charge in [-0.25, -0.2) is 0 Å². The van der Waals surface area contributed by atoms with Gasteiger partial charge in [-0.3, -0.25) is 14.7 Å². The number of nitrogens with zero attached hydrogens (tertiary/aromatic N) is 2. The molecule has 0 atom stereocenters. The predicted octanol–water partition coefficient (Wildman–Crippen LogP) is 5.30. The monoisotopic (exact) mass is 388 g/mol. The number of carbonyl (C=O) groups excluding carboxylic acids is 1. The van der Waals surface area contributed by atoms with E-state index in [2.05, 4.69) is 46.5 Å². The number of amidine groups is 1. The highest BCUT2D eigenvalue weighted by Gasteiger charge is 2.32. The number of hydrogen-bond acceptors (Lipinski definition) is 4. The molecule has 0 saturated carbocycles. The van der Waals surface area contributed by atoms with Gasteiger partial charge in [0.1, 0.15) is 5.75 Å². The zero-order valence-electron chi connectivity index (χ0n) is 17.8. The fraction of sp³-hybridized carbons (Fsp3) is 0.545. The van der Waals surface area contributed by atoms with Crippen molar-refractivity contribution in [2.45, 2.75) is 66.2 Å². The highest BCUT2D eigenvalue weighted by molar-refractivity contribution is 8.18. The third-order valence-electron chi connectivity index (χ3n) is 4.54. The van der Waals surface area contributed by atoms with Crippen molar-refractivity contribution in [1.29, 1.82) is 0 Å². The van der Waals surface area contributed by atoms with Gasteiger partial charge in [-0.05, 0) is 60.2 Å². The minimum Gasteiger partial charge on any atom is -0.507 e. The summed E-state index contributed by atoms with van der Waals surface area (Å²) in [5.74, 6) is 0.350. The van der Waals surface area contributed by atoms with E-state index in [1.165, 1.54) is 11.8 Å². The molecule has 1 aliphatic heterocycles. The number of rotatable bonds is 3. The lowest BCUT2D eigenvalue weighted by atomic mass is 9.78. The van der Waals surface area contributed by atoms with Crippen LogP contribution in [0.25, 0.3) is 6.08 Å². The van der Waals surface area contributed by atoms with Gasteiger partial charge < -0.3 is 5.11 Å². The van der Waals surface area contributed by atoms with E-state index >= 15 is 0 Å². The number of phenolic OH excluding ortho intramolecular Hbond substituents is 1. The molecule has 148 valence electrons. The molecule has 4 nitrogen and oxygen atoms in total. The Hall–Kier alpha value is -1.75. The molecule has 5 heteroatoms. The van der Waals surface area contributed by atoms with Crippen molar-refractivity contribution < 1.29 is 9.90 Å². The average Bonchev–Trinajstić information content (AvgIpc) is 2.82. The molecule has 2 rings (SSSR count). The zero-order valence-corrected chi connectivity index (χ0v) is 18.6. The topological polar surface area (TPSA) is 52.9 Å². The number of phenols is 1. The summed E-state index contributed by atoms with van der Waals surface area (Å²) in [6.07, 6.45) is 1.93. The lowest BCUT2D eigenvalue weighted by Gasteiger charge is -2.28. The van der Waals surface area contributed by atoms with Crippen molar-refractivity contribution >= 4 is 28.9 Å². The largest absolute Gasteiger partial charge is 0.507 e. The van der Waals surface area contributed by atoms with Gasteiger partial charge in [0.15, 0.2) is 5.17 Å². The van der Waals surface area contributed by atoms with Gasteiger partial charge in [-0.15, -0.1) is 0 Å².